The van der Waals surface area contributed by atoms with Crippen LogP contribution < -0.4 is 4.90 Å². The van der Waals surface area contributed by atoms with E-state index in [1.165, 1.54) is 12.8 Å². The van der Waals surface area contributed by atoms with Crippen LogP contribution in [0.3, 0.4) is 0 Å². The van der Waals surface area contributed by atoms with Crippen molar-refractivity contribution in [2.45, 2.75) is 57.6 Å². The van der Waals surface area contributed by atoms with Crippen molar-refractivity contribution in [1.29, 1.82) is 0 Å². The highest BCUT2D eigenvalue weighted by Gasteiger charge is 2.50. The Morgan fingerprint density at radius 3 is 2.54 bits per heavy atom. The molecule has 2 aliphatic rings. The van der Waals surface area contributed by atoms with E-state index < -0.39 is 5.60 Å². The number of aliphatic hydroxyl groups is 1. The molecule has 3 rings (SSSR count). The Kier molecular flexibility index (Phi) is 5.76. The highest BCUT2D eigenvalue weighted by atomic mass is 16.5. The van der Waals surface area contributed by atoms with Crippen LogP contribution in [0.25, 0.3) is 0 Å². The van der Waals surface area contributed by atoms with Crippen LogP contribution in [0, 0.1) is 5.92 Å². The summed E-state index contributed by atoms with van der Waals surface area (Å²) >= 11 is 0. The first-order chi connectivity index (χ1) is 12.5. The molecule has 1 aromatic carbocycles. The highest BCUT2D eigenvalue weighted by Crippen LogP contribution is 2.49. The molecule has 1 aromatic rings. The largest absolute Gasteiger partial charge is 0.453 e. The smallest absolute Gasteiger partial charge is 0.410 e. The molecule has 0 unspecified atom stereocenters. The number of nitrogens with zero attached hydrogens (tertiary/aromatic N) is 2. The Balaban J connectivity index is 1.94. The van der Waals surface area contributed by atoms with Crippen LogP contribution >= 0.6 is 0 Å². The van der Waals surface area contributed by atoms with Gasteiger partial charge in [0.05, 0.1) is 18.8 Å². The average molecular weight is 360 g/mol. The van der Waals surface area contributed by atoms with Gasteiger partial charge in [0.15, 0.2) is 0 Å². The van der Waals surface area contributed by atoms with E-state index in [4.69, 9.17) is 4.74 Å². The molecule has 0 radical (unpaired) electrons. The van der Waals surface area contributed by atoms with Gasteiger partial charge in [-0.15, -0.1) is 0 Å². The lowest BCUT2D eigenvalue weighted by Gasteiger charge is -2.52. The quantitative estimate of drug-likeness (QED) is 0.883. The lowest BCUT2D eigenvalue weighted by Crippen LogP contribution is -2.56. The molecule has 1 heterocycles. The minimum absolute atomic E-state index is 0.0726. The zero-order valence-corrected chi connectivity index (χ0v) is 16.3. The number of fused-ring (bicyclic) bond motifs is 1. The van der Waals surface area contributed by atoms with E-state index in [1.807, 2.05) is 4.90 Å². The van der Waals surface area contributed by atoms with Crippen molar-refractivity contribution in [2.24, 2.45) is 5.92 Å². The number of carbonyl (C=O) groups excluding carboxylic acids is 1. The SMILES string of the molecule is CCN(CC)c1ccc([C@H]2[C@H]3CCCC[C@]3(O)CCN2C(=O)OC)cc1. The van der Waals surface area contributed by atoms with Gasteiger partial charge < -0.3 is 19.6 Å². The van der Waals surface area contributed by atoms with Crippen molar-refractivity contribution in [3.63, 3.8) is 0 Å². The van der Waals surface area contributed by atoms with Gasteiger partial charge in [0.2, 0.25) is 0 Å². The minimum atomic E-state index is -0.662. The predicted molar refractivity (Wildman–Crippen MR) is 103 cm³/mol. The molecule has 1 saturated carbocycles. The summed E-state index contributed by atoms with van der Waals surface area (Å²) in [6, 6.07) is 8.39. The molecule has 144 valence electrons. The molecule has 0 aromatic heterocycles. The van der Waals surface area contributed by atoms with Crippen molar-refractivity contribution < 1.29 is 14.6 Å². The third kappa shape index (κ3) is 3.41. The maximum Gasteiger partial charge on any atom is 0.410 e. The maximum absolute atomic E-state index is 12.4. The number of benzene rings is 1. The van der Waals surface area contributed by atoms with Gasteiger partial charge in [-0.25, -0.2) is 4.79 Å². The Morgan fingerprint density at radius 1 is 1.23 bits per heavy atom. The van der Waals surface area contributed by atoms with Crippen LogP contribution in [-0.4, -0.2) is 48.4 Å². The minimum Gasteiger partial charge on any atom is -0.453 e. The highest BCUT2D eigenvalue weighted by molar-refractivity contribution is 5.68. The number of likely N-dealkylation sites (tertiary alicyclic amines) is 1. The van der Waals surface area contributed by atoms with E-state index in [0.29, 0.717) is 13.0 Å². The maximum atomic E-state index is 12.4. The van der Waals surface area contributed by atoms with E-state index in [-0.39, 0.29) is 18.1 Å². The van der Waals surface area contributed by atoms with E-state index in [2.05, 4.69) is 43.0 Å². The standard InChI is InChI=1S/C21H32N2O3/c1-4-22(5-2)17-11-9-16(10-12-17)19-18-8-6-7-13-21(18,25)14-15-23(19)20(24)26-3/h9-12,18-19,25H,4-8,13-15H2,1-3H3/t18-,19+,21+/m1/s1. The molecule has 1 aliphatic heterocycles. The number of carbonyl (C=O) groups is 1. The van der Waals surface area contributed by atoms with Crippen LogP contribution in [0.15, 0.2) is 24.3 Å². The van der Waals surface area contributed by atoms with Gasteiger partial charge in [0, 0.05) is 31.2 Å². The van der Waals surface area contributed by atoms with Gasteiger partial charge in [-0.1, -0.05) is 25.0 Å². The Morgan fingerprint density at radius 2 is 1.92 bits per heavy atom. The van der Waals surface area contributed by atoms with E-state index >= 15 is 0 Å². The van der Waals surface area contributed by atoms with Gasteiger partial charge in [0.25, 0.3) is 0 Å². The molecule has 1 aliphatic carbocycles. The Hall–Kier alpha value is -1.75. The molecule has 0 spiro atoms. The fourth-order valence-electron chi connectivity index (χ4n) is 4.89. The molecule has 1 amide bonds. The summed E-state index contributed by atoms with van der Waals surface area (Å²) in [5.74, 6) is 0.0726. The first kappa shape index (κ1) is 19.0. The first-order valence-corrected chi connectivity index (χ1v) is 9.96. The molecule has 0 bridgehead atoms. The summed E-state index contributed by atoms with van der Waals surface area (Å²) in [5.41, 5.74) is 1.62. The van der Waals surface area contributed by atoms with Crippen LogP contribution in [0.2, 0.25) is 0 Å². The van der Waals surface area contributed by atoms with Crippen LogP contribution in [0.1, 0.15) is 57.6 Å². The van der Waals surface area contributed by atoms with Gasteiger partial charge in [-0.05, 0) is 50.8 Å². The van der Waals surface area contributed by atoms with Crippen molar-refractivity contribution >= 4 is 11.8 Å². The van der Waals surface area contributed by atoms with Gasteiger partial charge in [0.1, 0.15) is 0 Å². The Labute approximate surface area is 156 Å². The predicted octanol–water partition coefficient (Wildman–Crippen LogP) is 3.97. The van der Waals surface area contributed by atoms with Crippen LogP contribution in [-0.2, 0) is 4.74 Å². The number of anilines is 1. The zero-order valence-electron chi connectivity index (χ0n) is 16.3. The lowest BCUT2D eigenvalue weighted by atomic mass is 9.66. The molecule has 5 nitrogen and oxygen atoms in total. The number of piperidine rings is 1. The van der Waals surface area contributed by atoms with Crippen LogP contribution in [0.4, 0.5) is 10.5 Å². The summed E-state index contributed by atoms with van der Waals surface area (Å²) in [6.45, 7) is 6.79. The summed E-state index contributed by atoms with van der Waals surface area (Å²) in [7, 11) is 1.44. The van der Waals surface area contributed by atoms with Crippen molar-refractivity contribution in [2.75, 3.05) is 31.6 Å². The third-order valence-electron chi connectivity index (χ3n) is 6.34. The van der Waals surface area contributed by atoms with Crippen molar-refractivity contribution in [3.05, 3.63) is 29.8 Å². The molecule has 26 heavy (non-hydrogen) atoms. The summed E-state index contributed by atoms with van der Waals surface area (Å²) < 4.78 is 5.05. The number of methoxy groups -OCH3 is 1. The molecule has 1 N–H and O–H groups in total. The van der Waals surface area contributed by atoms with E-state index in [1.54, 1.807) is 0 Å². The van der Waals surface area contributed by atoms with E-state index in [0.717, 1.165) is 44.3 Å². The molecule has 3 atom stereocenters. The van der Waals surface area contributed by atoms with Crippen molar-refractivity contribution in [1.82, 2.24) is 4.90 Å². The fourth-order valence-corrected chi connectivity index (χ4v) is 4.89. The lowest BCUT2D eigenvalue weighted by molar-refractivity contribution is -0.117. The molecule has 2 fully saturated rings. The number of rotatable bonds is 4. The summed E-state index contributed by atoms with van der Waals surface area (Å²) in [6.07, 6.45) is 4.30. The molecule has 5 heteroatoms. The Bertz CT molecular complexity index is 614. The second kappa shape index (κ2) is 7.87. The van der Waals surface area contributed by atoms with E-state index in [9.17, 15) is 9.90 Å². The third-order valence-corrected chi connectivity index (χ3v) is 6.34. The van der Waals surface area contributed by atoms with Gasteiger partial charge in [-0.3, -0.25) is 0 Å². The summed E-state index contributed by atoms with van der Waals surface area (Å²) in [4.78, 5) is 16.5. The van der Waals surface area contributed by atoms with Crippen molar-refractivity contribution in [3.8, 4) is 0 Å². The van der Waals surface area contributed by atoms with Gasteiger partial charge in [-0.2, -0.15) is 0 Å². The number of hydrogen-bond acceptors (Lipinski definition) is 4. The second-order valence-corrected chi connectivity index (χ2v) is 7.58. The molecule has 1 saturated heterocycles. The topological polar surface area (TPSA) is 53.0 Å². The number of hydrogen-bond donors (Lipinski definition) is 1. The average Bonchev–Trinajstić information content (AvgIpc) is 2.67. The number of ether oxygens (including phenoxy) is 1. The van der Waals surface area contributed by atoms with Crippen LogP contribution in [0.5, 0.6) is 0 Å². The number of amides is 1. The van der Waals surface area contributed by atoms with Gasteiger partial charge >= 0.3 is 6.09 Å². The normalized spacial score (nSPS) is 28.4. The molecular formula is C21H32N2O3. The second-order valence-electron chi connectivity index (χ2n) is 7.58. The molecular weight excluding hydrogens is 328 g/mol. The fraction of sp³-hybridized carbons (Fsp3) is 0.667. The summed E-state index contributed by atoms with van der Waals surface area (Å²) in [5, 5.41) is 11.2. The monoisotopic (exact) mass is 360 g/mol. The first-order valence-electron chi connectivity index (χ1n) is 9.96. The zero-order chi connectivity index (χ0) is 18.7.